The molecule has 5 rings (SSSR count). The second-order valence-electron chi connectivity index (χ2n) is 10.0. The van der Waals surface area contributed by atoms with Crippen LogP contribution in [-0.2, 0) is 16.0 Å². The van der Waals surface area contributed by atoms with Crippen LogP contribution in [0.3, 0.4) is 0 Å². The number of methoxy groups -OCH3 is 1. The topological polar surface area (TPSA) is 82.5 Å². The highest BCUT2D eigenvalue weighted by molar-refractivity contribution is 6.46. The van der Waals surface area contributed by atoms with Gasteiger partial charge in [0.15, 0.2) is 0 Å². The molecule has 1 unspecified atom stereocenters. The third-order valence-electron chi connectivity index (χ3n) is 7.39. The molecule has 8 heteroatoms. The maximum absolute atomic E-state index is 13.5. The van der Waals surface area contributed by atoms with E-state index in [1.165, 1.54) is 0 Å². The normalized spacial score (nSPS) is 18.1. The van der Waals surface area contributed by atoms with Gasteiger partial charge in [-0.15, -0.1) is 0 Å². The molecule has 2 aliphatic heterocycles. The van der Waals surface area contributed by atoms with Crippen molar-refractivity contribution in [2.24, 2.45) is 0 Å². The van der Waals surface area contributed by atoms with Crippen molar-refractivity contribution < 1.29 is 24.2 Å². The van der Waals surface area contributed by atoms with Crippen molar-refractivity contribution in [1.29, 1.82) is 0 Å². The molecule has 1 saturated heterocycles. The number of fused-ring (bicyclic) bond motifs is 1. The Kier molecular flexibility index (Phi) is 7.19. The first-order valence-corrected chi connectivity index (χ1v) is 13.0. The Labute approximate surface area is 228 Å². The van der Waals surface area contributed by atoms with Crippen molar-refractivity contribution in [2.75, 3.05) is 57.7 Å². The molecule has 202 valence electrons. The Morgan fingerprint density at radius 3 is 2.44 bits per heavy atom. The molecular weight excluding hydrogens is 494 g/mol. The van der Waals surface area contributed by atoms with E-state index in [-0.39, 0.29) is 11.3 Å². The molecule has 3 aromatic carbocycles. The molecule has 0 aliphatic carbocycles. The molecule has 2 heterocycles. The van der Waals surface area contributed by atoms with Crippen molar-refractivity contribution >= 4 is 28.8 Å². The number of amides is 1. The molecule has 0 bridgehead atoms. The van der Waals surface area contributed by atoms with Gasteiger partial charge < -0.3 is 29.3 Å². The van der Waals surface area contributed by atoms with Gasteiger partial charge in [-0.1, -0.05) is 24.3 Å². The van der Waals surface area contributed by atoms with Crippen LogP contribution in [0.1, 0.15) is 22.7 Å². The minimum absolute atomic E-state index is 0.0895. The highest BCUT2D eigenvalue weighted by Gasteiger charge is 2.46. The van der Waals surface area contributed by atoms with Gasteiger partial charge in [0.1, 0.15) is 23.9 Å². The smallest absolute Gasteiger partial charge is 0.295 e. The number of nitrogens with zero attached hydrogens (tertiary/aromatic N) is 3. The summed E-state index contributed by atoms with van der Waals surface area (Å²) in [7, 11) is 7.47. The second-order valence-corrected chi connectivity index (χ2v) is 10.0. The maximum Gasteiger partial charge on any atom is 0.295 e. The molecule has 3 aromatic rings. The Morgan fingerprint density at radius 1 is 1.05 bits per heavy atom. The quantitative estimate of drug-likeness (QED) is 0.279. The van der Waals surface area contributed by atoms with E-state index in [0.29, 0.717) is 31.7 Å². The van der Waals surface area contributed by atoms with Gasteiger partial charge in [-0.3, -0.25) is 9.59 Å². The second kappa shape index (κ2) is 10.7. The number of aliphatic hydroxyl groups excluding tert-OH is 1. The van der Waals surface area contributed by atoms with Gasteiger partial charge in [0, 0.05) is 38.9 Å². The van der Waals surface area contributed by atoms with Crippen LogP contribution in [0.15, 0.2) is 72.3 Å². The zero-order valence-electron chi connectivity index (χ0n) is 22.7. The van der Waals surface area contributed by atoms with Gasteiger partial charge in [0.2, 0.25) is 0 Å². The Bertz CT molecular complexity index is 1410. The fraction of sp³-hybridized carbons (Fsp3) is 0.290. The lowest BCUT2D eigenvalue weighted by Crippen LogP contribution is -2.31. The number of aliphatic hydroxyl groups is 1. The van der Waals surface area contributed by atoms with Gasteiger partial charge >= 0.3 is 0 Å². The average molecular weight is 528 g/mol. The van der Waals surface area contributed by atoms with E-state index in [9.17, 15) is 14.7 Å². The molecule has 0 saturated carbocycles. The number of rotatable bonds is 7. The van der Waals surface area contributed by atoms with Crippen LogP contribution in [-0.4, -0.2) is 69.6 Å². The first-order valence-electron chi connectivity index (χ1n) is 13.0. The highest BCUT2D eigenvalue weighted by Crippen LogP contribution is 2.41. The van der Waals surface area contributed by atoms with Crippen LogP contribution >= 0.6 is 0 Å². The molecule has 39 heavy (non-hydrogen) atoms. The molecule has 0 spiro atoms. The van der Waals surface area contributed by atoms with Crippen LogP contribution in [0, 0.1) is 0 Å². The Morgan fingerprint density at radius 2 is 1.77 bits per heavy atom. The molecule has 0 aromatic heterocycles. The summed E-state index contributed by atoms with van der Waals surface area (Å²) < 4.78 is 11.0. The van der Waals surface area contributed by atoms with E-state index in [1.54, 1.807) is 30.2 Å². The van der Waals surface area contributed by atoms with Crippen molar-refractivity contribution in [2.45, 2.75) is 12.5 Å². The van der Waals surface area contributed by atoms with E-state index >= 15 is 0 Å². The van der Waals surface area contributed by atoms with Gasteiger partial charge in [-0.2, -0.15) is 0 Å². The number of carbonyl (C=O) groups excluding carboxylic acids is 2. The third-order valence-corrected chi connectivity index (χ3v) is 7.39. The summed E-state index contributed by atoms with van der Waals surface area (Å²) in [6.07, 6.45) is 0.546. The van der Waals surface area contributed by atoms with Crippen LogP contribution in [0.4, 0.5) is 11.4 Å². The third kappa shape index (κ3) is 5.02. The summed E-state index contributed by atoms with van der Waals surface area (Å²) in [6.45, 7) is 1.61. The van der Waals surface area contributed by atoms with E-state index in [0.717, 1.165) is 34.0 Å². The van der Waals surface area contributed by atoms with E-state index in [2.05, 4.69) is 0 Å². The molecule has 8 nitrogen and oxygen atoms in total. The largest absolute Gasteiger partial charge is 0.507 e. The predicted molar refractivity (Wildman–Crippen MR) is 152 cm³/mol. The zero-order valence-corrected chi connectivity index (χ0v) is 22.7. The zero-order chi connectivity index (χ0) is 27.7. The molecule has 0 radical (unpaired) electrons. The van der Waals surface area contributed by atoms with Gasteiger partial charge in [-0.25, -0.2) is 0 Å². The molecular formula is C31H33N3O5. The van der Waals surface area contributed by atoms with Crippen molar-refractivity contribution in [3.63, 3.8) is 0 Å². The van der Waals surface area contributed by atoms with Crippen molar-refractivity contribution in [3.8, 4) is 11.5 Å². The Balaban J connectivity index is 1.55. The number of likely N-dealkylation sites (tertiary alicyclic amines) is 1. The van der Waals surface area contributed by atoms with Crippen LogP contribution in [0.25, 0.3) is 5.76 Å². The number of hydrogen-bond donors (Lipinski definition) is 1. The standard InChI is InChI=1S/C31H33N3O5/c1-32(2)23-10-7-21(8-11-23)28-27(29(35)22-9-14-26-25(19-22)33(3)17-18-39-26)30(36)31(37)34(28)16-15-20-5-12-24(38-4)13-6-20/h5-14,19,28,35H,15-18H2,1-4H3/b29-27-. The first-order chi connectivity index (χ1) is 18.8. The molecule has 1 atom stereocenters. The number of anilines is 2. The number of Topliss-reactive ketones (excluding diaryl/α,β-unsaturated/α-hetero) is 1. The first kappa shape index (κ1) is 26.2. The number of likely N-dealkylation sites (N-methyl/N-ethyl adjacent to an activating group) is 1. The molecule has 1 fully saturated rings. The predicted octanol–water partition coefficient (Wildman–Crippen LogP) is 4.25. The lowest BCUT2D eigenvalue weighted by Gasteiger charge is -2.28. The summed E-state index contributed by atoms with van der Waals surface area (Å²) in [5, 5.41) is 11.5. The van der Waals surface area contributed by atoms with Gasteiger partial charge in [-0.05, 0) is 60.0 Å². The van der Waals surface area contributed by atoms with Gasteiger partial charge in [0.05, 0.1) is 31.0 Å². The monoisotopic (exact) mass is 527 g/mol. The number of ketones is 1. The average Bonchev–Trinajstić information content (AvgIpc) is 3.21. The van der Waals surface area contributed by atoms with Crippen molar-refractivity contribution in [1.82, 2.24) is 4.90 Å². The number of hydrogen-bond acceptors (Lipinski definition) is 7. The van der Waals surface area contributed by atoms with E-state index < -0.39 is 17.7 Å². The lowest BCUT2D eigenvalue weighted by atomic mass is 9.94. The van der Waals surface area contributed by atoms with Gasteiger partial charge in [0.25, 0.3) is 11.7 Å². The van der Waals surface area contributed by atoms with Crippen LogP contribution < -0.4 is 19.3 Å². The number of benzene rings is 3. The summed E-state index contributed by atoms with van der Waals surface area (Å²) >= 11 is 0. The van der Waals surface area contributed by atoms with Crippen LogP contribution in [0.5, 0.6) is 11.5 Å². The minimum atomic E-state index is -0.718. The Hall–Kier alpha value is -4.46. The van der Waals surface area contributed by atoms with E-state index in [4.69, 9.17) is 9.47 Å². The SMILES string of the molecule is COc1ccc(CCN2C(=O)C(=O)/C(=C(\O)c3ccc4c(c3)N(C)CCO4)C2c2ccc(N(C)C)cc2)cc1. The molecule has 1 amide bonds. The summed E-state index contributed by atoms with van der Waals surface area (Å²) in [4.78, 5) is 32.5. The van der Waals surface area contributed by atoms with E-state index in [1.807, 2.05) is 79.5 Å². The number of carbonyl (C=O) groups is 2. The summed E-state index contributed by atoms with van der Waals surface area (Å²) in [6, 6.07) is 20.0. The fourth-order valence-electron chi connectivity index (χ4n) is 5.11. The van der Waals surface area contributed by atoms with Crippen LogP contribution in [0.2, 0.25) is 0 Å². The molecule has 2 aliphatic rings. The maximum atomic E-state index is 13.5. The van der Waals surface area contributed by atoms with Crippen molar-refractivity contribution in [3.05, 3.63) is 89.0 Å². The highest BCUT2D eigenvalue weighted by atomic mass is 16.5. The lowest BCUT2D eigenvalue weighted by molar-refractivity contribution is -0.139. The summed E-state index contributed by atoms with van der Waals surface area (Å²) in [5.41, 5.74) is 4.14. The number of ether oxygens (including phenoxy) is 2. The fourth-order valence-corrected chi connectivity index (χ4v) is 5.11. The molecule has 1 N–H and O–H groups in total. The minimum Gasteiger partial charge on any atom is -0.507 e. The summed E-state index contributed by atoms with van der Waals surface area (Å²) in [5.74, 6) is -0.0301.